The van der Waals surface area contributed by atoms with E-state index in [-0.39, 0.29) is 0 Å². The molecular weight excluding hydrogens is 184 g/mol. The Hall–Kier alpha value is -0.0400. The Kier molecular flexibility index (Phi) is 7.99. The first-order chi connectivity index (χ1) is 7.43. The van der Waals surface area contributed by atoms with Crippen LogP contribution in [0.15, 0.2) is 0 Å². The van der Waals surface area contributed by atoms with Crippen molar-refractivity contribution in [2.45, 2.75) is 77.0 Å². The summed E-state index contributed by atoms with van der Waals surface area (Å²) in [4.78, 5) is 0. The fourth-order valence-corrected chi connectivity index (χ4v) is 2.73. The molecule has 0 aromatic heterocycles. The second kappa shape index (κ2) is 9.21. The quantitative estimate of drug-likeness (QED) is 0.565. The maximum Gasteiger partial charge on any atom is 0.0431 e. The molecule has 1 heteroatoms. The lowest BCUT2D eigenvalue weighted by molar-refractivity contribution is 0.282. The minimum Gasteiger partial charge on any atom is -0.396 e. The monoisotopic (exact) mass is 212 g/mol. The molecule has 0 aliphatic heterocycles. The molecule has 15 heavy (non-hydrogen) atoms. The number of aliphatic hydroxyl groups is 1. The molecule has 1 fully saturated rings. The summed E-state index contributed by atoms with van der Waals surface area (Å²) in [6, 6.07) is 0. The first-order valence-electron chi connectivity index (χ1n) is 7.04. The largest absolute Gasteiger partial charge is 0.396 e. The number of unbranched alkanes of at least 4 members (excludes halogenated alkanes) is 6. The van der Waals surface area contributed by atoms with Gasteiger partial charge in [-0.2, -0.15) is 0 Å². The van der Waals surface area contributed by atoms with Crippen LogP contribution in [-0.4, -0.2) is 11.7 Å². The number of rotatable bonds is 9. The summed E-state index contributed by atoms with van der Waals surface area (Å²) in [7, 11) is 0. The van der Waals surface area contributed by atoms with Crippen LogP contribution in [0.2, 0.25) is 0 Å². The van der Waals surface area contributed by atoms with Crippen molar-refractivity contribution in [2.24, 2.45) is 5.92 Å². The van der Waals surface area contributed by atoms with E-state index in [2.05, 4.69) is 0 Å². The average molecular weight is 212 g/mol. The van der Waals surface area contributed by atoms with Crippen molar-refractivity contribution in [1.29, 1.82) is 0 Å². The van der Waals surface area contributed by atoms with Crippen LogP contribution in [0.4, 0.5) is 0 Å². The number of hydrogen-bond donors (Lipinski definition) is 1. The summed E-state index contributed by atoms with van der Waals surface area (Å²) in [6.45, 7) is 0.377. The van der Waals surface area contributed by atoms with Crippen molar-refractivity contribution >= 4 is 0 Å². The fourth-order valence-electron chi connectivity index (χ4n) is 2.73. The van der Waals surface area contributed by atoms with Gasteiger partial charge in [0.2, 0.25) is 0 Å². The van der Waals surface area contributed by atoms with Gasteiger partial charge >= 0.3 is 0 Å². The van der Waals surface area contributed by atoms with E-state index in [1.165, 1.54) is 70.6 Å². The highest BCUT2D eigenvalue weighted by Gasteiger charge is 2.13. The SMILES string of the molecule is OCCCCCCCCCC1CCCC1. The van der Waals surface area contributed by atoms with Crippen LogP contribution in [-0.2, 0) is 0 Å². The average Bonchev–Trinajstić information content (AvgIpc) is 2.75. The van der Waals surface area contributed by atoms with Crippen molar-refractivity contribution in [2.75, 3.05) is 6.61 Å². The van der Waals surface area contributed by atoms with Crippen LogP contribution in [0.3, 0.4) is 0 Å². The van der Waals surface area contributed by atoms with Crippen LogP contribution < -0.4 is 0 Å². The molecular formula is C14H28O. The van der Waals surface area contributed by atoms with Gasteiger partial charge in [-0.1, -0.05) is 70.6 Å². The second-order valence-electron chi connectivity index (χ2n) is 5.14. The van der Waals surface area contributed by atoms with E-state index >= 15 is 0 Å². The summed E-state index contributed by atoms with van der Waals surface area (Å²) in [5.41, 5.74) is 0. The predicted octanol–water partition coefficient (Wildman–Crippen LogP) is 4.29. The van der Waals surface area contributed by atoms with Crippen LogP contribution in [0.5, 0.6) is 0 Å². The molecule has 1 nitrogen and oxygen atoms in total. The van der Waals surface area contributed by atoms with Gasteiger partial charge in [-0.15, -0.1) is 0 Å². The minimum absolute atomic E-state index is 0.377. The first-order valence-corrected chi connectivity index (χ1v) is 7.04. The van der Waals surface area contributed by atoms with Crippen molar-refractivity contribution in [1.82, 2.24) is 0 Å². The molecule has 90 valence electrons. The minimum atomic E-state index is 0.377. The summed E-state index contributed by atoms with van der Waals surface area (Å²) in [6.07, 6.45) is 16.7. The lowest BCUT2D eigenvalue weighted by Crippen LogP contribution is -1.92. The van der Waals surface area contributed by atoms with Crippen LogP contribution in [0.25, 0.3) is 0 Å². The molecule has 1 rings (SSSR count). The van der Waals surface area contributed by atoms with Gasteiger partial charge < -0.3 is 5.11 Å². The lowest BCUT2D eigenvalue weighted by Gasteiger charge is -2.07. The first kappa shape index (κ1) is 13.0. The molecule has 0 aromatic rings. The van der Waals surface area contributed by atoms with Gasteiger partial charge in [0.25, 0.3) is 0 Å². The molecule has 0 atom stereocenters. The molecule has 1 N–H and O–H groups in total. The zero-order chi connectivity index (χ0) is 10.8. The molecule has 0 amide bonds. The van der Waals surface area contributed by atoms with Gasteiger partial charge in [-0.3, -0.25) is 0 Å². The Morgan fingerprint density at radius 3 is 1.87 bits per heavy atom. The third-order valence-corrected chi connectivity index (χ3v) is 3.75. The van der Waals surface area contributed by atoms with E-state index < -0.39 is 0 Å². The molecule has 0 radical (unpaired) electrons. The maximum absolute atomic E-state index is 8.63. The molecule has 1 aliphatic carbocycles. The lowest BCUT2D eigenvalue weighted by atomic mass is 9.99. The Morgan fingerprint density at radius 1 is 0.733 bits per heavy atom. The van der Waals surface area contributed by atoms with E-state index in [0.717, 1.165) is 12.3 Å². The third-order valence-electron chi connectivity index (χ3n) is 3.75. The zero-order valence-corrected chi connectivity index (χ0v) is 10.2. The van der Waals surface area contributed by atoms with Gasteiger partial charge in [0.1, 0.15) is 0 Å². The highest BCUT2D eigenvalue weighted by molar-refractivity contribution is 4.66. The van der Waals surface area contributed by atoms with E-state index in [1.54, 1.807) is 0 Å². The second-order valence-corrected chi connectivity index (χ2v) is 5.14. The van der Waals surface area contributed by atoms with Crippen molar-refractivity contribution in [3.63, 3.8) is 0 Å². The van der Waals surface area contributed by atoms with E-state index in [0.29, 0.717) is 6.61 Å². The standard InChI is InChI=1S/C14H28O/c15-13-9-5-3-1-2-4-6-10-14-11-7-8-12-14/h14-15H,1-13H2. The van der Waals surface area contributed by atoms with Gasteiger partial charge in [0, 0.05) is 6.61 Å². The smallest absolute Gasteiger partial charge is 0.0431 e. The summed E-state index contributed by atoms with van der Waals surface area (Å²) >= 11 is 0. The zero-order valence-electron chi connectivity index (χ0n) is 10.2. The molecule has 0 heterocycles. The maximum atomic E-state index is 8.63. The number of hydrogen-bond acceptors (Lipinski definition) is 1. The van der Waals surface area contributed by atoms with E-state index in [1.807, 2.05) is 0 Å². The Bertz CT molecular complexity index is 127. The normalized spacial score (nSPS) is 17.4. The summed E-state index contributed by atoms with van der Waals surface area (Å²) in [5, 5.41) is 8.63. The van der Waals surface area contributed by atoms with Gasteiger partial charge in [0.15, 0.2) is 0 Å². The predicted molar refractivity (Wildman–Crippen MR) is 66.0 cm³/mol. The van der Waals surface area contributed by atoms with E-state index in [9.17, 15) is 0 Å². The number of aliphatic hydroxyl groups excluding tert-OH is 1. The highest BCUT2D eigenvalue weighted by Crippen LogP contribution is 2.29. The topological polar surface area (TPSA) is 20.2 Å². The van der Waals surface area contributed by atoms with Crippen LogP contribution >= 0.6 is 0 Å². The highest BCUT2D eigenvalue weighted by atomic mass is 16.2. The summed E-state index contributed by atoms with van der Waals surface area (Å²) in [5.74, 6) is 1.08. The Labute approximate surface area is 95.3 Å². The van der Waals surface area contributed by atoms with Crippen molar-refractivity contribution in [3.8, 4) is 0 Å². The molecule has 0 unspecified atom stereocenters. The Morgan fingerprint density at radius 2 is 1.27 bits per heavy atom. The van der Waals surface area contributed by atoms with Crippen LogP contribution in [0.1, 0.15) is 77.0 Å². The van der Waals surface area contributed by atoms with Crippen molar-refractivity contribution < 1.29 is 5.11 Å². The van der Waals surface area contributed by atoms with Gasteiger partial charge in [-0.05, 0) is 12.3 Å². The molecule has 1 saturated carbocycles. The molecule has 0 spiro atoms. The van der Waals surface area contributed by atoms with Gasteiger partial charge in [0.05, 0.1) is 0 Å². The fraction of sp³-hybridized carbons (Fsp3) is 1.00. The molecule has 0 saturated heterocycles. The Balaban J connectivity index is 1.73. The summed E-state index contributed by atoms with van der Waals surface area (Å²) < 4.78 is 0. The van der Waals surface area contributed by atoms with Crippen LogP contribution in [0, 0.1) is 5.92 Å². The van der Waals surface area contributed by atoms with Gasteiger partial charge in [-0.25, -0.2) is 0 Å². The molecule has 0 aromatic carbocycles. The van der Waals surface area contributed by atoms with E-state index in [4.69, 9.17) is 5.11 Å². The molecule has 0 bridgehead atoms. The van der Waals surface area contributed by atoms with Crippen molar-refractivity contribution in [3.05, 3.63) is 0 Å². The third kappa shape index (κ3) is 6.94. The molecule has 1 aliphatic rings.